The van der Waals surface area contributed by atoms with E-state index in [1.54, 1.807) is 42.7 Å². The van der Waals surface area contributed by atoms with Crippen LogP contribution in [0.2, 0.25) is 0 Å². The first-order valence-electron chi connectivity index (χ1n) is 14.7. The lowest BCUT2D eigenvalue weighted by atomic mass is 10.0. The zero-order valence-corrected chi connectivity index (χ0v) is 24.9. The van der Waals surface area contributed by atoms with Crippen molar-refractivity contribution in [3.05, 3.63) is 60.2 Å². The number of aromatic nitrogens is 5. The molecule has 43 heavy (non-hydrogen) atoms. The second-order valence-corrected chi connectivity index (χ2v) is 11.9. The van der Waals surface area contributed by atoms with Gasteiger partial charge in [-0.1, -0.05) is 0 Å². The Morgan fingerprint density at radius 3 is 2.53 bits per heavy atom. The molecule has 0 radical (unpaired) electrons. The number of rotatable bonds is 6. The van der Waals surface area contributed by atoms with Crippen LogP contribution in [-0.4, -0.2) is 79.7 Å². The van der Waals surface area contributed by atoms with Crippen LogP contribution in [0.15, 0.2) is 43.0 Å². The fourth-order valence-electron chi connectivity index (χ4n) is 5.71. The zero-order chi connectivity index (χ0) is 30.3. The first-order chi connectivity index (χ1) is 20.6. The largest absolute Gasteiger partial charge is 0.464 e. The van der Waals surface area contributed by atoms with Crippen molar-refractivity contribution in [2.75, 3.05) is 37.7 Å². The molecular weight excluding hydrogens is 553 g/mol. The first kappa shape index (κ1) is 28.6. The Labute approximate surface area is 249 Å². The average molecular weight is 590 g/mol. The van der Waals surface area contributed by atoms with Gasteiger partial charge in [0.05, 0.1) is 29.5 Å². The number of hydrogen-bond acceptors (Lipinski definition) is 8. The van der Waals surface area contributed by atoms with Gasteiger partial charge in [0, 0.05) is 61.9 Å². The minimum atomic E-state index is -0.902. The van der Waals surface area contributed by atoms with E-state index >= 15 is 4.39 Å². The molecule has 1 saturated heterocycles. The predicted molar refractivity (Wildman–Crippen MR) is 158 cm³/mol. The fraction of sp³-hybridized carbons (Fsp3) is 0.452. The molecule has 5 heterocycles. The number of pyridine rings is 1. The molecule has 226 valence electrons. The van der Waals surface area contributed by atoms with Crippen LogP contribution < -0.4 is 4.90 Å². The molecule has 1 fully saturated rings. The highest BCUT2D eigenvalue weighted by Crippen LogP contribution is 2.32. The summed E-state index contributed by atoms with van der Waals surface area (Å²) in [5.74, 6) is -0.162. The van der Waals surface area contributed by atoms with Crippen LogP contribution in [0.1, 0.15) is 51.5 Å². The highest BCUT2D eigenvalue weighted by molar-refractivity contribution is 5.86. The molecule has 0 N–H and O–H groups in total. The molecule has 0 aliphatic carbocycles. The molecule has 1 atom stereocenters. The van der Waals surface area contributed by atoms with Crippen molar-refractivity contribution in [2.45, 2.75) is 58.7 Å². The van der Waals surface area contributed by atoms with Crippen LogP contribution in [0.25, 0.3) is 22.0 Å². The van der Waals surface area contributed by atoms with Crippen LogP contribution in [0.3, 0.4) is 0 Å². The van der Waals surface area contributed by atoms with Crippen LogP contribution in [0.5, 0.6) is 0 Å². The summed E-state index contributed by atoms with van der Waals surface area (Å²) < 4.78 is 30.3. The Bertz CT molecular complexity index is 1650. The van der Waals surface area contributed by atoms with Crippen LogP contribution in [0.4, 0.5) is 15.0 Å². The SMILES string of the molecule is CCOC(=O)C(c1ncn2c1CCC2)n1cc2c(F)c(-c3ccc(N4CCN(C(=O)OC(C)(C)C)CC4)nc3)ccc2n1. The highest BCUT2D eigenvalue weighted by atomic mass is 19.1. The van der Waals surface area contributed by atoms with Crippen molar-refractivity contribution in [1.29, 1.82) is 0 Å². The number of halogens is 1. The number of nitrogens with zero attached hydrogens (tertiary/aromatic N) is 7. The van der Waals surface area contributed by atoms with Gasteiger partial charge in [-0.3, -0.25) is 4.68 Å². The summed E-state index contributed by atoms with van der Waals surface area (Å²) in [6.07, 6.45) is 6.43. The van der Waals surface area contributed by atoms with Crippen molar-refractivity contribution in [1.82, 2.24) is 29.2 Å². The molecule has 0 bridgehead atoms. The van der Waals surface area contributed by atoms with E-state index in [-0.39, 0.29) is 12.7 Å². The second-order valence-electron chi connectivity index (χ2n) is 11.9. The van der Waals surface area contributed by atoms with Crippen molar-refractivity contribution in [3.8, 4) is 11.1 Å². The third-order valence-electron chi connectivity index (χ3n) is 7.78. The molecule has 1 aromatic carbocycles. The molecule has 0 spiro atoms. The van der Waals surface area contributed by atoms with Gasteiger partial charge in [0.25, 0.3) is 0 Å². The summed E-state index contributed by atoms with van der Waals surface area (Å²) in [5, 5.41) is 4.87. The number of ether oxygens (including phenoxy) is 2. The summed E-state index contributed by atoms with van der Waals surface area (Å²) in [5.41, 5.74) is 2.48. The predicted octanol–water partition coefficient (Wildman–Crippen LogP) is 4.59. The van der Waals surface area contributed by atoms with Crippen molar-refractivity contribution in [2.24, 2.45) is 0 Å². The number of fused-ring (bicyclic) bond motifs is 2. The quantitative estimate of drug-likeness (QED) is 0.301. The normalized spacial score (nSPS) is 15.9. The van der Waals surface area contributed by atoms with E-state index in [0.717, 1.165) is 30.9 Å². The number of aryl methyl sites for hydroxylation is 1. The maximum atomic E-state index is 16.0. The number of amides is 1. The lowest BCUT2D eigenvalue weighted by Crippen LogP contribution is -2.50. The zero-order valence-electron chi connectivity index (χ0n) is 24.9. The number of esters is 1. The maximum Gasteiger partial charge on any atom is 0.410 e. The van der Waals surface area contributed by atoms with E-state index in [2.05, 4.69) is 20.0 Å². The summed E-state index contributed by atoms with van der Waals surface area (Å²) in [6, 6.07) is 6.22. The number of hydrogen-bond donors (Lipinski definition) is 0. The molecule has 3 aromatic heterocycles. The number of imidazole rings is 1. The Hall–Kier alpha value is -4.48. The van der Waals surface area contributed by atoms with Gasteiger partial charge < -0.3 is 23.8 Å². The number of carbonyl (C=O) groups is 2. The summed E-state index contributed by atoms with van der Waals surface area (Å²) in [4.78, 5) is 38.4. The van der Waals surface area contributed by atoms with Gasteiger partial charge in [-0.2, -0.15) is 5.10 Å². The summed E-state index contributed by atoms with van der Waals surface area (Å²) in [7, 11) is 0. The fourth-order valence-corrected chi connectivity index (χ4v) is 5.71. The summed E-state index contributed by atoms with van der Waals surface area (Å²) in [6.45, 7) is 10.7. The van der Waals surface area contributed by atoms with E-state index in [9.17, 15) is 9.59 Å². The maximum absolute atomic E-state index is 16.0. The van der Waals surface area contributed by atoms with Gasteiger partial charge in [-0.15, -0.1) is 0 Å². The smallest absolute Gasteiger partial charge is 0.410 e. The van der Waals surface area contributed by atoms with Gasteiger partial charge in [0.15, 0.2) is 6.04 Å². The van der Waals surface area contributed by atoms with Gasteiger partial charge in [-0.25, -0.2) is 23.9 Å². The topological polar surface area (TPSA) is 108 Å². The molecule has 11 nitrogen and oxygen atoms in total. The highest BCUT2D eigenvalue weighted by Gasteiger charge is 2.33. The number of carbonyl (C=O) groups excluding carboxylic acids is 2. The third kappa shape index (κ3) is 5.65. The van der Waals surface area contributed by atoms with Gasteiger partial charge in [0.1, 0.15) is 17.2 Å². The van der Waals surface area contributed by atoms with Crippen LogP contribution in [0, 0.1) is 5.82 Å². The molecule has 6 rings (SSSR count). The van der Waals surface area contributed by atoms with Crippen molar-refractivity contribution >= 4 is 28.8 Å². The molecule has 4 aromatic rings. The van der Waals surface area contributed by atoms with E-state index in [1.807, 2.05) is 37.5 Å². The molecule has 0 saturated carbocycles. The van der Waals surface area contributed by atoms with E-state index in [4.69, 9.17) is 9.47 Å². The average Bonchev–Trinajstić information content (AvgIpc) is 3.71. The Balaban J connectivity index is 1.22. The number of anilines is 1. The molecule has 2 aliphatic heterocycles. The van der Waals surface area contributed by atoms with E-state index < -0.39 is 23.4 Å². The monoisotopic (exact) mass is 589 g/mol. The van der Waals surface area contributed by atoms with Gasteiger partial charge in [-0.05, 0) is 64.8 Å². The van der Waals surface area contributed by atoms with Crippen molar-refractivity contribution in [3.63, 3.8) is 0 Å². The molecule has 1 unspecified atom stereocenters. The van der Waals surface area contributed by atoms with Gasteiger partial charge >= 0.3 is 12.1 Å². The van der Waals surface area contributed by atoms with E-state index in [0.29, 0.717) is 53.9 Å². The van der Waals surface area contributed by atoms with Gasteiger partial charge in [0.2, 0.25) is 0 Å². The lowest BCUT2D eigenvalue weighted by molar-refractivity contribution is -0.146. The lowest BCUT2D eigenvalue weighted by Gasteiger charge is -2.36. The summed E-state index contributed by atoms with van der Waals surface area (Å²) >= 11 is 0. The minimum Gasteiger partial charge on any atom is -0.464 e. The minimum absolute atomic E-state index is 0.215. The third-order valence-corrected chi connectivity index (χ3v) is 7.78. The molecule has 12 heteroatoms. The Morgan fingerprint density at radius 2 is 1.84 bits per heavy atom. The van der Waals surface area contributed by atoms with Crippen LogP contribution in [-0.2, 0) is 27.2 Å². The molecular formula is C31H36FN7O4. The van der Waals surface area contributed by atoms with E-state index in [1.165, 1.54) is 4.68 Å². The second kappa shape index (κ2) is 11.3. The number of piperazine rings is 1. The Kier molecular flexibility index (Phi) is 7.53. The first-order valence-corrected chi connectivity index (χ1v) is 14.7. The number of benzene rings is 1. The molecule has 1 amide bonds. The Morgan fingerprint density at radius 1 is 1.05 bits per heavy atom. The molecule has 2 aliphatic rings. The van der Waals surface area contributed by atoms with Crippen molar-refractivity contribution < 1.29 is 23.5 Å². The standard InChI is InChI=1S/C31H36FN7O4/c1-5-42-29(40)28(27-24-7-6-12-38(24)19-34-27)39-18-22-23(35-39)10-9-21(26(22)32)20-8-11-25(33-17-20)36-13-15-37(16-14-36)30(41)43-31(2,3)4/h8-11,17-19,28H,5-7,12-16H2,1-4H3. The van der Waals surface area contributed by atoms with Crippen LogP contribution >= 0.6 is 0 Å².